The van der Waals surface area contributed by atoms with Crippen LogP contribution in [0.15, 0.2) is 28.7 Å². The highest BCUT2D eigenvalue weighted by Crippen LogP contribution is 2.30. The molecule has 1 heterocycles. The molecule has 106 valence electrons. The Balaban J connectivity index is 1.85. The van der Waals surface area contributed by atoms with Gasteiger partial charge in [0.25, 0.3) is 0 Å². The number of furan rings is 1. The zero-order valence-electron chi connectivity index (χ0n) is 11.5. The highest BCUT2D eigenvalue weighted by Gasteiger charge is 2.24. The van der Waals surface area contributed by atoms with Crippen LogP contribution in [-0.4, -0.2) is 5.78 Å². The van der Waals surface area contributed by atoms with E-state index in [4.69, 9.17) is 16.0 Å². The minimum atomic E-state index is 0.120. The summed E-state index contributed by atoms with van der Waals surface area (Å²) in [6.07, 6.45) is 8.08. The van der Waals surface area contributed by atoms with Crippen LogP contribution in [0.2, 0.25) is 5.02 Å². The predicted octanol–water partition coefficient (Wildman–Crippen LogP) is 5.63. The van der Waals surface area contributed by atoms with Crippen LogP contribution < -0.4 is 0 Å². The number of para-hydroxylation sites is 1. The molecule has 1 aromatic carbocycles. The van der Waals surface area contributed by atoms with Crippen molar-refractivity contribution in [2.24, 2.45) is 5.92 Å². The third-order valence-electron chi connectivity index (χ3n) is 4.21. The molecule has 1 aliphatic carbocycles. The van der Waals surface area contributed by atoms with Crippen LogP contribution in [0.5, 0.6) is 0 Å². The summed E-state index contributed by atoms with van der Waals surface area (Å²) in [6.45, 7) is 0. The number of hydrogen-bond acceptors (Lipinski definition) is 2. The Labute approximate surface area is 124 Å². The number of rotatable bonds is 2. The van der Waals surface area contributed by atoms with Crippen molar-refractivity contribution in [1.29, 1.82) is 0 Å². The van der Waals surface area contributed by atoms with Gasteiger partial charge in [0.15, 0.2) is 11.3 Å². The second-order valence-electron chi connectivity index (χ2n) is 5.68. The van der Waals surface area contributed by atoms with Gasteiger partial charge in [0.1, 0.15) is 0 Å². The SMILES string of the molecule is O=C(c1cc2cccc(Cl)c2o1)C1CCCCCCC1. The summed E-state index contributed by atoms with van der Waals surface area (Å²) in [5.74, 6) is 0.743. The van der Waals surface area contributed by atoms with Crippen molar-refractivity contribution in [2.75, 3.05) is 0 Å². The molecule has 1 fully saturated rings. The number of carbonyl (C=O) groups excluding carboxylic acids is 1. The van der Waals surface area contributed by atoms with Crippen molar-refractivity contribution in [3.63, 3.8) is 0 Å². The Bertz CT molecular complexity index is 606. The molecule has 0 amide bonds. The minimum absolute atomic E-state index is 0.120. The number of carbonyl (C=O) groups is 1. The van der Waals surface area contributed by atoms with Gasteiger partial charge in [0, 0.05) is 11.3 Å². The van der Waals surface area contributed by atoms with Crippen LogP contribution in [0.3, 0.4) is 0 Å². The summed E-state index contributed by atoms with van der Waals surface area (Å²) in [5.41, 5.74) is 0.628. The van der Waals surface area contributed by atoms with Crippen molar-refractivity contribution in [3.05, 3.63) is 35.0 Å². The zero-order valence-corrected chi connectivity index (χ0v) is 12.3. The quantitative estimate of drug-likeness (QED) is 0.671. The third kappa shape index (κ3) is 2.76. The lowest BCUT2D eigenvalue weighted by molar-refractivity contribution is 0.0872. The lowest BCUT2D eigenvalue weighted by Gasteiger charge is -2.17. The van der Waals surface area contributed by atoms with Gasteiger partial charge >= 0.3 is 0 Å². The molecule has 1 aliphatic rings. The second-order valence-corrected chi connectivity index (χ2v) is 6.08. The van der Waals surface area contributed by atoms with Crippen LogP contribution in [-0.2, 0) is 0 Å². The topological polar surface area (TPSA) is 30.2 Å². The zero-order chi connectivity index (χ0) is 13.9. The summed E-state index contributed by atoms with van der Waals surface area (Å²) in [5, 5.41) is 1.48. The highest BCUT2D eigenvalue weighted by atomic mass is 35.5. The fourth-order valence-corrected chi connectivity index (χ4v) is 3.29. The molecule has 3 rings (SSSR count). The molecule has 0 spiro atoms. The van der Waals surface area contributed by atoms with Gasteiger partial charge in [-0.05, 0) is 25.0 Å². The van der Waals surface area contributed by atoms with Crippen molar-refractivity contribution >= 4 is 28.4 Å². The van der Waals surface area contributed by atoms with E-state index in [0.717, 1.165) is 31.1 Å². The van der Waals surface area contributed by atoms with Crippen molar-refractivity contribution < 1.29 is 9.21 Å². The maximum atomic E-state index is 12.6. The van der Waals surface area contributed by atoms with E-state index < -0.39 is 0 Å². The Morgan fingerprint density at radius 3 is 2.50 bits per heavy atom. The van der Waals surface area contributed by atoms with E-state index >= 15 is 0 Å². The first kappa shape index (κ1) is 13.7. The Hall–Kier alpha value is -1.28. The van der Waals surface area contributed by atoms with Gasteiger partial charge in [-0.2, -0.15) is 0 Å². The van der Waals surface area contributed by atoms with E-state index in [0.29, 0.717) is 16.4 Å². The fraction of sp³-hybridized carbons (Fsp3) is 0.471. The van der Waals surface area contributed by atoms with Gasteiger partial charge in [-0.25, -0.2) is 0 Å². The lowest BCUT2D eigenvalue weighted by atomic mass is 9.87. The number of fused-ring (bicyclic) bond motifs is 1. The van der Waals surface area contributed by atoms with Gasteiger partial charge in [0.05, 0.1) is 5.02 Å². The molecule has 0 N–H and O–H groups in total. The first-order chi connectivity index (χ1) is 9.75. The van der Waals surface area contributed by atoms with Gasteiger partial charge in [-0.3, -0.25) is 4.79 Å². The monoisotopic (exact) mass is 290 g/mol. The summed E-state index contributed by atoms with van der Waals surface area (Å²) >= 11 is 6.10. The van der Waals surface area contributed by atoms with Crippen LogP contribution >= 0.6 is 11.6 Å². The molecule has 20 heavy (non-hydrogen) atoms. The predicted molar refractivity (Wildman–Crippen MR) is 81.4 cm³/mol. The largest absolute Gasteiger partial charge is 0.451 e. The molecule has 1 saturated carbocycles. The molecule has 3 heteroatoms. The fourth-order valence-electron chi connectivity index (χ4n) is 3.07. The summed E-state index contributed by atoms with van der Waals surface area (Å²) in [6, 6.07) is 7.43. The van der Waals surface area contributed by atoms with E-state index in [1.54, 1.807) is 6.07 Å². The first-order valence-corrected chi connectivity index (χ1v) is 7.86. The Kier molecular flexibility index (Phi) is 4.11. The molecule has 0 bridgehead atoms. The molecule has 2 nitrogen and oxygen atoms in total. The number of halogens is 1. The average molecular weight is 291 g/mol. The normalized spacial score (nSPS) is 17.9. The van der Waals surface area contributed by atoms with Crippen LogP contribution in [0.25, 0.3) is 11.0 Å². The van der Waals surface area contributed by atoms with Gasteiger partial charge in [0.2, 0.25) is 5.78 Å². The van der Waals surface area contributed by atoms with E-state index in [9.17, 15) is 4.79 Å². The number of Topliss-reactive ketones (excluding diaryl/α,β-unsaturated/α-hetero) is 1. The Morgan fingerprint density at radius 2 is 1.80 bits per heavy atom. The van der Waals surface area contributed by atoms with Gasteiger partial charge < -0.3 is 4.42 Å². The van der Waals surface area contributed by atoms with E-state index in [2.05, 4.69) is 0 Å². The average Bonchev–Trinajstić information content (AvgIpc) is 2.83. The number of ketones is 1. The van der Waals surface area contributed by atoms with Crippen LogP contribution in [0, 0.1) is 5.92 Å². The second kappa shape index (κ2) is 6.01. The molecule has 0 aliphatic heterocycles. The minimum Gasteiger partial charge on any atom is -0.451 e. The molecule has 1 aromatic heterocycles. The maximum absolute atomic E-state index is 12.6. The van der Waals surface area contributed by atoms with Crippen molar-refractivity contribution in [1.82, 2.24) is 0 Å². The standard InChI is InChI=1S/C17H19ClO2/c18-14-10-6-9-13-11-15(20-17(13)14)16(19)12-7-4-2-1-3-5-8-12/h6,9-12H,1-5,7-8H2. The summed E-state index contributed by atoms with van der Waals surface area (Å²) in [4.78, 5) is 12.6. The van der Waals surface area contributed by atoms with Crippen LogP contribution in [0.4, 0.5) is 0 Å². The molecule has 0 saturated heterocycles. The molecule has 0 radical (unpaired) electrons. The number of hydrogen-bond donors (Lipinski definition) is 0. The first-order valence-electron chi connectivity index (χ1n) is 7.48. The lowest BCUT2D eigenvalue weighted by Crippen LogP contribution is -2.15. The van der Waals surface area contributed by atoms with Crippen molar-refractivity contribution in [2.45, 2.75) is 44.9 Å². The van der Waals surface area contributed by atoms with Crippen LogP contribution in [0.1, 0.15) is 55.5 Å². The van der Waals surface area contributed by atoms with E-state index in [-0.39, 0.29) is 11.7 Å². The molecular formula is C17H19ClO2. The summed E-state index contributed by atoms with van der Waals surface area (Å²) in [7, 11) is 0. The third-order valence-corrected chi connectivity index (χ3v) is 4.51. The van der Waals surface area contributed by atoms with Crippen molar-refractivity contribution in [3.8, 4) is 0 Å². The maximum Gasteiger partial charge on any atom is 0.201 e. The molecule has 0 unspecified atom stereocenters. The van der Waals surface area contributed by atoms with Gasteiger partial charge in [-0.15, -0.1) is 0 Å². The van der Waals surface area contributed by atoms with Gasteiger partial charge in [-0.1, -0.05) is 55.8 Å². The smallest absolute Gasteiger partial charge is 0.201 e. The highest BCUT2D eigenvalue weighted by molar-refractivity contribution is 6.34. The molecular weight excluding hydrogens is 272 g/mol. The number of benzene rings is 1. The van der Waals surface area contributed by atoms with E-state index in [1.807, 2.05) is 18.2 Å². The molecule has 0 atom stereocenters. The summed E-state index contributed by atoms with van der Waals surface area (Å²) < 4.78 is 5.70. The van der Waals surface area contributed by atoms with E-state index in [1.165, 1.54) is 19.3 Å². The Morgan fingerprint density at radius 1 is 1.10 bits per heavy atom. The molecule has 2 aromatic rings.